The second-order valence-electron chi connectivity index (χ2n) is 9.03. The summed E-state index contributed by atoms with van der Waals surface area (Å²) >= 11 is 4.28. The third-order valence-electron chi connectivity index (χ3n) is 8.33. The van der Waals surface area contributed by atoms with Gasteiger partial charge in [-0.3, -0.25) is 4.79 Å². The number of hydrogen-bond donors (Lipinski definition) is 1. The molecule has 0 radical (unpaired) electrons. The Morgan fingerprint density at radius 2 is 2.00 bits per heavy atom. The fourth-order valence-corrected chi connectivity index (χ4v) is 10.4. The standard InChI is InChI=1S/C21H30O2S2/c1-2-20-12-17(22)19-14-7-8-21(24-9-10-25-21)11-13(14)3-4-15(19)16(20)5-6-18(20)23/h11,14-16,18-19,23H,2-10,12H2,1H3/t14?,15?,16?,18?,19?,20-/m0/s1. The van der Waals surface area contributed by atoms with Crippen LogP contribution in [0.2, 0.25) is 0 Å². The van der Waals surface area contributed by atoms with Gasteiger partial charge in [0.05, 0.1) is 10.2 Å². The van der Waals surface area contributed by atoms with Gasteiger partial charge in [-0.1, -0.05) is 18.6 Å². The Morgan fingerprint density at radius 3 is 2.76 bits per heavy atom. The number of aliphatic hydroxyl groups excluding tert-OH is 1. The van der Waals surface area contributed by atoms with Crippen molar-refractivity contribution in [2.75, 3.05) is 11.5 Å². The zero-order valence-corrected chi connectivity index (χ0v) is 16.8. The number of aliphatic hydroxyl groups is 1. The summed E-state index contributed by atoms with van der Waals surface area (Å²) in [6, 6.07) is 0. The summed E-state index contributed by atoms with van der Waals surface area (Å²) < 4.78 is 0.340. The second-order valence-corrected chi connectivity index (χ2v) is 12.1. The Kier molecular flexibility index (Phi) is 4.15. The van der Waals surface area contributed by atoms with Crippen LogP contribution >= 0.6 is 23.5 Å². The van der Waals surface area contributed by atoms with E-state index in [-0.39, 0.29) is 17.4 Å². The molecule has 6 atom stereocenters. The van der Waals surface area contributed by atoms with Crippen LogP contribution < -0.4 is 0 Å². The van der Waals surface area contributed by atoms with E-state index in [0.29, 0.717) is 34.0 Å². The molecule has 1 heterocycles. The maximum atomic E-state index is 13.3. The van der Waals surface area contributed by atoms with Gasteiger partial charge in [-0.05, 0) is 62.7 Å². The van der Waals surface area contributed by atoms with Crippen LogP contribution in [0.1, 0.15) is 58.3 Å². The van der Waals surface area contributed by atoms with Crippen LogP contribution in [0.3, 0.4) is 0 Å². The van der Waals surface area contributed by atoms with Gasteiger partial charge < -0.3 is 5.11 Å². The molecule has 1 spiro atoms. The van der Waals surface area contributed by atoms with Crippen LogP contribution in [-0.4, -0.2) is 32.6 Å². The summed E-state index contributed by atoms with van der Waals surface area (Å²) in [5, 5.41) is 10.7. The first-order valence-corrected chi connectivity index (χ1v) is 12.3. The highest BCUT2D eigenvalue weighted by Gasteiger charge is 2.60. The zero-order valence-electron chi connectivity index (χ0n) is 15.2. The van der Waals surface area contributed by atoms with Gasteiger partial charge in [-0.2, -0.15) is 0 Å². The molecule has 5 rings (SSSR count). The predicted molar refractivity (Wildman–Crippen MR) is 106 cm³/mol. The van der Waals surface area contributed by atoms with Crippen molar-refractivity contribution in [1.29, 1.82) is 0 Å². The molecule has 0 aromatic rings. The molecule has 4 aliphatic carbocycles. The lowest BCUT2D eigenvalue weighted by molar-refractivity contribution is -0.145. The minimum atomic E-state index is -0.245. The van der Waals surface area contributed by atoms with E-state index in [1.807, 2.05) is 0 Å². The van der Waals surface area contributed by atoms with Gasteiger partial charge in [0.1, 0.15) is 5.78 Å². The van der Waals surface area contributed by atoms with Crippen molar-refractivity contribution in [2.24, 2.45) is 29.1 Å². The van der Waals surface area contributed by atoms with Gasteiger partial charge >= 0.3 is 0 Å². The molecule has 1 aliphatic heterocycles. The van der Waals surface area contributed by atoms with Crippen LogP contribution in [0.5, 0.6) is 0 Å². The fourth-order valence-electron chi connectivity index (χ4n) is 7.21. The lowest BCUT2D eigenvalue weighted by Crippen LogP contribution is -2.53. The number of ketones is 1. The number of allylic oxidation sites excluding steroid dienone is 1. The zero-order chi connectivity index (χ0) is 17.2. The summed E-state index contributed by atoms with van der Waals surface area (Å²) in [7, 11) is 0. The largest absolute Gasteiger partial charge is 0.393 e. The minimum Gasteiger partial charge on any atom is -0.393 e. The summed E-state index contributed by atoms with van der Waals surface area (Å²) in [4.78, 5) is 13.3. The van der Waals surface area contributed by atoms with E-state index in [1.165, 1.54) is 37.2 Å². The Hall–Kier alpha value is 0.0700. The molecule has 25 heavy (non-hydrogen) atoms. The molecule has 4 heteroatoms. The third kappa shape index (κ3) is 2.39. The van der Waals surface area contributed by atoms with Crippen molar-refractivity contribution in [3.05, 3.63) is 11.6 Å². The normalized spacial score (nSPS) is 48.0. The summed E-state index contributed by atoms with van der Waals surface area (Å²) in [5.41, 5.74) is 1.53. The van der Waals surface area contributed by atoms with Crippen molar-refractivity contribution < 1.29 is 9.90 Å². The number of rotatable bonds is 1. The summed E-state index contributed by atoms with van der Waals surface area (Å²) in [5.74, 6) is 4.96. The molecule has 138 valence electrons. The van der Waals surface area contributed by atoms with E-state index in [1.54, 1.807) is 5.57 Å². The molecule has 0 amide bonds. The van der Waals surface area contributed by atoms with Gasteiger partial charge in [-0.25, -0.2) is 0 Å². The van der Waals surface area contributed by atoms with Gasteiger partial charge in [0.15, 0.2) is 0 Å². The number of carbonyl (C=O) groups excluding carboxylic acids is 1. The topological polar surface area (TPSA) is 37.3 Å². The summed E-state index contributed by atoms with van der Waals surface area (Å²) in [6.45, 7) is 2.20. The maximum absolute atomic E-state index is 13.3. The molecule has 0 bridgehead atoms. The van der Waals surface area contributed by atoms with Crippen molar-refractivity contribution in [3.63, 3.8) is 0 Å². The average molecular weight is 379 g/mol. The van der Waals surface area contributed by atoms with Crippen LogP contribution in [0, 0.1) is 29.1 Å². The molecule has 5 unspecified atom stereocenters. The van der Waals surface area contributed by atoms with Gasteiger partial charge in [0, 0.05) is 29.3 Å². The van der Waals surface area contributed by atoms with Crippen LogP contribution in [0.15, 0.2) is 11.6 Å². The van der Waals surface area contributed by atoms with E-state index in [0.717, 1.165) is 19.3 Å². The molecular weight excluding hydrogens is 348 g/mol. The Balaban J connectivity index is 1.47. The number of Topliss-reactive ketones (excluding diaryl/α,β-unsaturated/α-hetero) is 1. The lowest BCUT2D eigenvalue weighted by Gasteiger charge is -2.54. The molecular formula is C21H30O2S2. The van der Waals surface area contributed by atoms with Crippen molar-refractivity contribution in [2.45, 2.75) is 68.5 Å². The Morgan fingerprint density at radius 1 is 1.20 bits per heavy atom. The van der Waals surface area contributed by atoms with E-state index < -0.39 is 0 Å². The molecule has 0 aromatic carbocycles. The number of carbonyl (C=O) groups is 1. The molecule has 1 saturated heterocycles. The number of hydrogen-bond acceptors (Lipinski definition) is 4. The van der Waals surface area contributed by atoms with Crippen molar-refractivity contribution >= 4 is 29.3 Å². The van der Waals surface area contributed by atoms with E-state index in [4.69, 9.17) is 0 Å². The second kappa shape index (κ2) is 6.04. The molecule has 2 nitrogen and oxygen atoms in total. The molecule has 4 fully saturated rings. The number of thioether (sulfide) groups is 2. The predicted octanol–water partition coefficient (Wildman–Crippen LogP) is 4.67. The lowest BCUT2D eigenvalue weighted by atomic mass is 9.50. The van der Waals surface area contributed by atoms with Gasteiger partial charge in [0.25, 0.3) is 0 Å². The van der Waals surface area contributed by atoms with Crippen molar-refractivity contribution in [1.82, 2.24) is 0 Å². The molecule has 1 N–H and O–H groups in total. The van der Waals surface area contributed by atoms with Crippen LogP contribution in [0.4, 0.5) is 0 Å². The highest BCUT2D eigenvalue weighted by Crippen LogP contribution is 2.63. The highest BCUT2D eigenvalue weighted by atomic mass is 32.2. The van der Waals surface area contributed by atoms with Crippen LogP contribution in [-0.2, 0) is 4.79 Å². The Labute approximate surface area is 160 Å². The fraction of sp³-hybridized carbons (Fsp3) is 0.857. The van der Waals surface area contributed by atoms with Gasteiger partial charge in [0.2, 0.25) is 0 Å². The summed E-state index contributed by atoms with van der Waals surface area (Å²) in [6.07, 6.45) is 10.9. The first kappa shape index (κ1) is 17.2. The maximum Gasteiger partial charge on any atom is 0.137 e. The molecule has 0 aromatic heterocycles. The van der Waals surface area contributed by atoms with Crippen LogP contribution in [0.25, 0.3) is 0 Å². The average Bonchev–Trinajstić information content (AvgIpc) is 3.20. The highest BCUT2D eigenvalue weighted by molar-refractivity contribution is 8.21. The van der Waals surface area contributed by atoms with Gasteiger partial charge in [-0.15, -0.1) is 23.5 Å². The number of fused-ring (bicyclic) bond motifs is 5. The first-order valence-electron chi connectivity index (χ1n) is 10.3. The van der Waals surface area contributed by atoms with Crippen molar-refractivity contribution in [3.8, 4) is 0 Å². The first-order chi connectivity index (χ1) is 12.1. The quantitative estimate of drug-likeness (QED) is 0.673. The third-order valence-corrected chi connectivity index (χ3v) is 11.7. The van der Waals surface area contributed by atoms with E-state index in [9.17, 15) is 9.90 Å². The minimum absolute atomic E-state index is 0.0908. The Bertz CT molecular complexity index is 609. The van der Waals surface area contributed by atoms with E-state index in [2.05, 4.69) is 36.5 Å². The smallest absolute Gasteiger partial charge is 0.137 e. The molecule has 5 aliphatic rings. The monoisotopic (exact) mass is 378 g/mol. The van der Waals surface area contributed by atoms with E-state index >= 15 is 0 Å². The molecule has 3 saturated carbocycles. The SMILES string of the molecule is CC[C@]12CC(=O)C3C4CCC5(C=C4CCC3C1CCC2O)SCCS5.